The molecule has 1 aromatic heterocycles. The monoisotopic (exact) mass is 454 g/mol. The lowest BCUT2D eigenvalue weighted by Gasteiger charge is -2.47. The normalized spacial score (nSPS) is 19.2. The van der Waals surface area contributed by atoms with Crippen LogP contribution in [0.25, 0.3) is 0 Å². The van der Waals surface area contributed by atoms with Crippen molar-refractivity contribution in [3.63, 3.8) is 0 Å². The summed E-state index contributed by atoms with van der Waals surface area (Å²) in [5.41, 5.74) is 5.92. The van der Waals surface area contributed by atoms with Crippen LogP contribution in [0.5, 0.6) is 5.75 Å². The van der Waals surface area contributed by atoms with Crippen LogP contribution >= 0.6 is 0 Å². The van der Waals surface area contributed by atoms with Gasteiger partial charge < -0.3 is 15.4 Å². The lowest BCUT2D eigenvalue weighted by molar-refractivity contribution is -0.133. The number of primary amides is 1. The maximum Gasteiger partial charge on any atom is 0.251 e. The first kappa shape index (κ1) is 20.6. The topological polar surface area (TPSA) is 132 Å². The number of aromatic nitrogens is 1. The van der Waals surface area contributed by atoms with Gasteiger partial charge in [0.25, 0.3) is 5.91 Å². The zero-order chi connectivity index (χ0) is 22.5. The van der Waals surface area contributed by atoms with E-state index >= 15 is 0 Å². The van der Waals surface area contributed by atoms with Crippen molar-refractivity contribution >= 4 is 39.2 Å². The lowest BCUT2D eigenvalue weighted by Crippen LogP contribution is -2.47. The molecule has 1 spiro atoms. The number of ether oxygens (including phenoxy) is 1. The number of benzene rings is 1. The Morgan fingerprint density at radius 1 is 1.12 bits per heavy atom. The first-order valence-corrected chi connectivity index (χ1v) is 11.9. The van der Waals surface area contributed by atoms with Gasteiger partial charge in [-0.05, 0) is 42.5 Å². The van der Waals surface area contributed by atoms with Crippen molar-refractivity contribution in [2.45, 2.75) is 35.6 Å². The number of piperidine rings is 1. The van der Waals surface area contributed by atoms with Gasteiger partial charge in [0.15, 0.2) is 5.03 Å². The molecule has 0 bridgehead atoms. The van der Waals surface area contributed by atoms with Gasteiger partial charge in [-0.25, -0.2) is 13.4 Å². The maximum absolute atomic E-state index is 13.5. The largest absolute Gasteiger partial charge is 0.486 e. The standard InChI is InChI=1S/C22H22N4O5S/c23-20(28)16-2-4-19(26-8-5-22(6-9-26)12-14(27)13-22)25-21(16)32(29,30)15-1-3-17-18(11-15)31-10-7-24-17/h1-4,7,11H,5-6,8-10,12-13H2,(H2,23,28). The second-order valence-electron chi connectivity index (χ2n) is 8.52. The highest BCUT2D eigenvalue weighted by Gasteiger charge is 2.45. The fourth-order valence-corrected chi connectivity index (χ4v) is 6.01. The average Bonchev–Trinajstić information content (AvgIpc) is 2.78. The molecule has 1 aromatic carbocycles. The van der Waals surface area contributed by atoms with Crippen molar-refractivity contribution in [3.8, 4) is 5.75 Å². The van der Waals surface area contributed by atoms with Gasteiger partial charge in [-0.2, -0.15) is 0 Å². The molecule has 2 N–H and O–H groups in total. The quantitative estimate of drug-likeness (QED) is 0.748. The highest BCUT2D eigenvalue weighted by molar-refractivity contribution is 7.91. The van der Waals surface area contributed by atoms with E-state index in [4.69, 9.17) is 10.5 Å². The molecular formula is C22H22N4O5S. The maximum atomic E-state index is 13.5. The molecule has 9 nitrogen and oxygen atoms in total. The number of carbonyl (C=O) groups is 2. The van der Waals surface area contributed by atoms with E-state index in [0.717, 1.165) is 12.8 Å². The van der Waals surface area contributed by atoms with Gasteiger partial charge in [0.2, 0.25) is 9.84 Å². The van der Waals surface area contributed by atoms with Gasteiger partial charge in [0.1, 0.15) is 29.6 Å². The Morgan fingerprint density at radius 2 is 1.88 bits per heavy atom. The number of ketones is 1. The molecule has 2 fully saturated rings. The number of amides is 1. The Kier molecular flexibility index (Phi) is 4.77. The van der Waals surface area contributed by atoms with Gasteiger partial charge in [-0.3, -0.25) is 14.6 Å². The summed E-state index contributed by atoms with van der Waals surface area (Å²) in [6, 6.07) is 7.38. The molecule has 1 saturated carbocycles. The minimum absolute atomic E-state index is 0.0499. The summed E-state index contributed by atoms with van der Waals surface area (Å²) in [5, 5.41) is -0.374. The molecule has 3 heterocycles. The van der Waals surface area contributed by atoms with Crippen molar-refractivity contribution < 1.29 is 22.7 Å². The van der Waals surface area contributed by atoms with E-state index in [9.17, 15) is 18.0 Å². The van der Waals surface area contributed by atoms with Crippen LogP contribution in [0.15, 0.2) is 45.2 Å². The van der Waals surface area contributed by atoms with Crippen molar-refractivity contribution in [1.82, 2.24) is 4.98 Å². The summed E-state index contributed by atoms with van der Waals surface area (Å²) < 4.78 is 32.4. The predicted octanol–water partition coefficient (Wildman–Crippen LogP) is 2.06. The predicted molar refractivity (Wildman–Crippen MR) is 116 cm³/mol. The van der Waals surface area contributed by atoms with E-state index in [2.05, 4.69) is 9.98 Å². The number of aliphatic imine (C=N–C) groups is 1. The molecule has 0 atom stereocenters. The second-order valence-corrected chi connectivity index (χ2v) is 10.4. The number of fused-ring (bicyclic) bond motifs is 1. The summed E-state index contributed by atoms with van der Waals surface area (Å²) in [5.74, 6) is 0.247. The van der Waals surface area contributed by atoms with Gasteiger partial charge in [-0.1, -0.05) is 0 Å². The minimum atomic E-state index is -4.15. The number of rotatable bonds is 4. The van der Waals surface area contributed by atoms with Crippen LogP contribution in [-0.4, -0.2) is 51.0 Å². The number of Topliss-reactive ketones (excluding diaryl/α,β-unsaturated/α-hetero) is 1. The van der Waals surface area contributed by atoms with Crippen LogP contribution < -0.4 is 15.4 Å². The highest BCUT2D eigenvalue weighted by atomic mass is 32.2. The van der Waals surface area contributed by atoms with Crippen LogP contribution in [-0.2, 0) is 14.6 Å². The van der Waals surface area contributed by atoms with E-state index < -0.39 is 15.7 Å². The molecule has 5 rings (SSSR count). The van der Waals surface area contributed by atoms with Crippen molar-refractivity contribution in [2.24, 2.45) is 16.1 Å². The molecule has 10 heteroatoms. The van der Waals surface area contributed by atoms with E-state index in [0.29, 0.717) is 49.0 Å². The minimum Gasteiger partial charge on any atom is -0.486 e. The van der Waals surface area contributed by atoms with E-state index in [-0.39, 0.29) is 27.5 Å². The molecular weight excluding hydrogens is 432 g/mol. The number of hydrogen-bond donors (Lipinski definition) is 1. The summed E-state index contributed by atoms with van der Waals surface area (Å²) in [7, 11) is -4.15. The third-order valence-electron chi connectivity index (χ3n) is 6.44. The van der Waals surface area contributed by atoms with Crippen molar-refractivity contribution in [1.29, 1.82) is 0 Å². The van der Waals surface area contributed by atoms with Crippen LogP contribution in [0.3, 0.4) is 0 Å². The number of sulfone groups is 1. The number of nitrogens with two attached hydrogens (primary N) is 1. The van der Waals surface area contributed by atoms with Crippen molar-refractivity contribution in [3.05, 3.63) is 35.9 Å². The van der Waals surface area contributed by atoms with Crippen LogP contribution in [0.4, 0.5) is 11.5 Å². The molecule has 0 unspecified atom stereocenters. The first-order chi connectivity index (χ1) is 15.3. The highest BCUT2D eigenvalue weighted by Crippen LogP contribution is 2.47. The number of carbonyl (C=O) groups excluding carboxylic acids is 2. The zero-order valence-electron chi connectivity index (χ0n) is 17.3. The third kappa shape index (κ3) is 3.44. The number of anilines is 1. The molecule has 2 aromatic rings. The molecule has 1 saturated heterocycles. The van der Waals surface area contributed by atoms with Crippen LogP contribution in [0.1, 0.15) is 36.0 Å². The van der Waals surface area contributed by atoms with E-state index in [1.54, 1.807) is 18.3 Å². The van der Waals surface area contributed by atoms with Gasteiger partial charge in [-0.15, -0.1) is 0 Å². The third-order valence-corrected chi connectivity index (χ3v) is 8.14. The fourth-order valence-electron chi connectivity index (χ4n) is 4.61. The average molecular weight is 455 g/mol. The number of pyridine rings is 1. The summed E-state index contributed by atoms with van der Waals surface area (Å²) in [6.07, 6.45) is 4.54. The summed E-state index contributed by atoms with van der Waals surface area (Å²) in [6.45, 7) is 1.58. The summed E-state index contributed by atoms with van der Waals surface area (Å²) in [4.78, 5) is 34.0. The van der Waals surface area contributed by atoms with Crippen molar-refractivity contribution in [2.75, 3.05) is 24.6 Å². The first-order valence-electron chi connectivity index (χ1n) is 10.4. The molecule has 1 amide bonds. The SMILES string of the molecule is NC(=O)c1ccc(N2CCC3(CC2)CC(=O)C3)nc1S(=O)(=O)c1ccc2c(c1)OCC=N2. The molecule has 2 aliphatic heterocycles. The van der Waals surface area contributed by atoms with Crippen LogP contribution in [0, 0.1) is 5.41 Å². The van der Waals surface area contributed by atoms with Gasteiger partial charge >= 0.3 is 0 Å². The smallest absolute Gasteiger partial charge is 0.251 e. The Balaban J connectivity index is 1.49. The van der Waals surface area contributed by atoms with Gasteiger partial charge in [0, 0.05) is 38.2 Å². The zero-order valence-corrected chi connectivity index (χ0v) is 18.1. The Morgan fingerprint density at radius 3 is 2.56 bits per heavy atom. The molecule has 166 valence electrons. The van der Waals surface area contributed by atoms with Crippen LogP contribution in [0.2, 0.25) is 0 Å². The Bertz CT molecular complexity index is 1250. The lowest BCUT2D eigenvalue weighted by atomic mass is 9.62. The number of hydrogen-bond acceptors (Lipinski definition) is 8. The summed E-state index contributed by atoms with van der Waals surface area (Å²) >= 11 is 0. The molecule has 3 aliphatic rings. The number of nitrogens with zero attached hydrogens (tertiary/aromatic N) is 3. The second kappa shape index (κ2) is 7.40. The molecule has 1 aliphatic carbocycles. The van der Waals surface area contributed by atoms with Gasteiger partial charge in [0.05, 0.1) is 10.5 Å². The van der Waals surface area contributed by atoms with E-state index in [1.165, 1.54) is 18.2 Å². The van der Waals surface area contributed by atoms with E-state index in [1.807, 2.05) is 4.90 Å². The fraction of sp³-hybridized carbons (Fsp3) is 0.364. The Labute approximate surface area is 185 Å². The molecule has 0 radical (unpaired) electrons. The molecule has 32 heavy (non-hydrogen) atoms. The Hall–Kier alpha value is -3.27.